The van der Waals surface area contributed by atoms with E-state index in [1.54, 1.807) is 0 Å². The lowest BCUT2D eigenvalue weighted by atomic mass is 9.75. The number of rotatable bonds is 6. The summed E-state index contributed by atoms with van der Waals surface area (Å²) in [5, 5.41) is 10.2. The lowest BCUT2D eigenvalue weighted by Gasteiger charge is -2.32. The predicted octanol–water partition coefficient (Wildman–Crippen LogP) is 4.92. The standard InChI is InChI=1S/C16H32O/c1-3-5-8-11-14-12-9-6-7-10-13-15(14)16(17)4-2/h14-17H,3-13H2,1-2H3. The van der Waals surface area contributed by atoms with Crippen LogP contribution in [0.4, 0.5) is 0 Å². The van der Waals surface area contributed by atoms with Crippen LogP contribution in [0.2, 0.25) is 0 Å². The van der Waals surface area contributed by atoms with Gasteiger partial charge in [0.1, 0.15) is 0 Å². The maximum Gasteiger partial charge on any atom is 0.0568 e. The Morgan fingerprint density at radius 3 is 2.35 bits per heavy atom. The van der Waals surface area contributed by atoms with Crippen LogP contribution in [0, 0.1) is 11.8 Å². The van der Waals surface area contributed by atoms with E-state index >= 15 is 0 Å². The molecule has 0 aromatic heterocycles. The Bertz CT molecular complexity index is 178. The predicted molar refractivity (Wildman–Crippen MR) is 75.1 cm³/mol. The second-order valence-corrected chi connectivity index (χ2v) is 5.89. The fraction of sp³-hybridized carbons (Fsp3) is 1.00. The molecule has 0 spiro atoms. The lowest BCUT2D eigenvalue weighted by Crippen LogP contribution is -2.28. The summed E-state index contributed by atoms with van der Waals surface area (Å²) in [6.07, 6.45) is 14.5. The highest BCUT2D eigenvalue weighted by molar-refractivity contribution is 4.78. The lowest BCUT2D eigenvalue weighted by molar-refractivity contribution is 0.0502. The van der Waals surface area contributed by atoms with Crippen molar-refractivity contribution in [2.75, 3.05) is 0 Å². The summed E-state index contributed by atoms with van der Waals surface area (Å²) in [6, 6.07) is 0. The van der Waals surface area contributed by atoms with Crippen LogP contribution in [0.3, 0.4) is 0 Å². The number of aliphatic hydroxyl groups excluding tert-OH is 1. The largest absolute Gasteiger partial charge is 0.393 e. The molecule has 1 aliphatic carbocycles. The van der Waals surface area contributed by atoms with Gasteiger partial charge in [0.25, 0.3) is 0 Å². The van der Waals surface area contributed by atoms with Crippen LogP contribution >= 0.6 is 0 Å². The highest BCUT2D eigenvalue weighted by Crippen LogP contribution is 2.34. The highest BCUT2D eigenvalue weighted by Gasteiger charge is 2.27. The van der Waals surface area contributed by atoms with Crippen LogP contribution in [-0.2, 0) is 0 Å². The summed E-state index contributed by atoms with van der Waals surface area (Å²) >= 11 is 0. The third-order valence-electron chi connectivity index (χ3n) is 4.56. The first kappa shape index (κ1) is 15.0. The first-order chi connectivity index (χ1) is 8.29. The van der Waals surface area contributed by atoms with Crippen molar-refractivity contribution in [2.45, 2.75) is 90.6 Å². The molecule has 0 aromatic carbocycles. The van der Waals surface area contributed by atoms with Crippen molar-refractivity contribution in [2.24, 2.45) is 11.8 Å². The Morgan fingerprint density at radius 1 is 1.00 bits per heavy atom. The van der Waals surface area contributed by atoms with Gasteiger partial charge in [0.2, 0.25) is 0 Å². The molecule has 1 aliphatic rings. The summed E-state index contributed by atoms with van der Waals surface area (Å²) in [6.45, 7) is 4.41. The average molecular weight is 240 g/mol. The van der Waals surface area contributed by atoms with Crippen LogP contribution in [0.1, 0.15) is 84.5 Å². The minimum absolute atomic E-state index is 0.0419. The molecular formula is C16H32O. The normalized spacial score (nSPS) is 28.4. The quantitative estimate of drug-likeness (QED) is 0.653. The number of hydrogen-bond donors (Lipinski definition) is 1. The monoisotopic (exact) mass is 240 g/mol. The van der Waals surface area contributed by atoms with Crippen molar-refractivity contribution in [1.29, 1.82) is 0 Å². The van der Waals surface area contributed by atoms with E-state index in [-0.39, 0.29) is 6.10 Å². The number of aliphatic hydroxyl groups is 1. The van der Waals surface area contributed by atoms with Crippen molar-refractivity contribution < 1.29 is 5.11 Å². The van der Waals surface area contributed by atoms with Gasteiger partial charge in [-0.1, -0.05) is 71.6 Å². The smallest absolute Gasteiger partial charge is 0.0568 e. The van der Waals surface area contributed by atoms with Gasteiger partial charge >= 0.3 is 0 Å². The van der Waals surface area contributed by atoms with Crippen molar-refractivity contribution >= 4 is 0 Å². The van der Waals surface area contributed by atoms with Gasteiger partial charge in [-0.3, -0.25) is 0 Å². The van der Waals surface area contributed by atoms with Crippen LogP contribution in [0.25, 0.3) is 0 Å². The summed E-state index contributed by atoms with van der Waals surface area (Å²) in [4.78, 5) is 0. The Labute approximate surface area is 108 Å². The Hall–Kier alpha value is -0.0400. The second kappa shape index (κ2) is 8.97. The highest BCUT2D eigenvalue weighted by atomic mass is 16.3. The molecule has 1 saturated carbocycles. The minimum atomic E-state index is -0.0419. The van der Waals surface area contributed by atoms with Gasteiger partial charge in [0, 0.05) is 0 Å². The van der Waals surface area contributed by atoms with Gasteiger partial charge in [0.15, 0.2) is 0 Å². The molecule has 0 heterocycles. The Kier molecular flexibility index (Phi) is 7.92. The molecule has 0 aliphatic heterocycles. The van der Waals surface area contributed by atoms with Gasteiger partial charge in [-0.15, -0.1) is 0 Å². The van der Waals surface area contributed by atoms with Crippen molar-refractivity contribution in [3.8, 4) is 0 Å². The minimum Gasteiger partial charge on any atom is -0.393 e. The topological polar surface area (TPSA) is 20.2 Å². The van der Waals surface area contributed by atoms with E-state index in [1.807, 2.05) is 0 Å². The van der Waals surface area contributed by atoms with Gasteiger partial charge in [-0.25, -0.2) is 0 Å². The van der Waals surface area contributed by atoms with Gasteiger partial charge in [0.05, 0.1) is 6.10 Å². The summed E-state index contributed by atoms with van der Waals surface area (Å²) < 4.78 is 0. The molecule has 1 nitrogen and oxygen atoms in total. The molecule has 1 heteroatoms. The summed E-state index contributed by atoms with van der Waals surface area (Å²) in [7, 11) is 0. The molecular weight excluding hydrogens is 208 g/mol. The second-order valence-electron chi connectivity index (χ2n) is 5.89. The van der Waals surface area contributed by atoms with Gasteiger partial charge in [-0.05, 0) is 24.7 Å². The maximum absolute atomic E-state index is 10.2. The zero-order chi connectivity index (χ0) is 12.5. The number of hydrogen-bond acceptors (Lipinski definition) is 1. The zero-order valence-electron chi connectivity index (χ0n) is 12.0. The van der Waals surface area contributed by atoms with E-state index in [0.717, 1.165) is 12.3 Å². The first-order valence-corrected chi connectivity index (χ1v) is 7.97. The van der Waals surface area contributed by atoms with Gasteiger partial charge < -0.3 is 5.11 Å². The molecule has 102 valence electrons. The van der Waals surface area contributed by atoms with Gasteiger partial charge in [-0.2, -0.15) is 0 Å². The molecule has 17 heavy (non-hydrogen) atoms. The molecule has 0 aromatic rings. The van der Waals surface area contributed by atoms with Crippen LogP contribution in [-0.4, -0.2) is 11.2 Å². The number of unbranched alkanes of at least 4 members (excludes halogenated alkanes) is 2. The first-order valence-electron chi connectivity index (χ1n) is 7.97. The van der Waals surface area contributed by atoms with E-state index in [1.165, 1.54) is 64.2 Å². The van der Waals surface area contributed by atoms with Crippen molar-refractivity contribution in [3.05, 3.63) is 0 Å². The van der Waals surface area contributed by atoms with E-state index in [2.05, 4.69) is 13.8 Å². The molecule has 3 atom stereocenters. The molecule has 0 bridgehead atoms. The molecule has 1 fully saturated rings. The summed E-state index contributed by atoms with van der Waals surface area (Å²) in [5.74, 6) is 1.40. The Morgan fingerprint density at radius 2 is 1.71 bits per heavy atom. The average Bonchev–Trinajstić information content (AvgIpc) is 2.31. The van der Waals surface area contributed by atoms with Crippen LogP contribution in [0.15, 0.2) is 0 Å². The summed E-state index contributed by atoms with van der Waals surface area (Å²) in [5.41, 5.74) is 0. The fourth-order valence-electron chi connectivity index (χ4n) is 3.41. The van der Waals surface area contributed by atoms with E-state index in [0.29, 0.717) is 5.92 Å². The van der Waals surface area contributed by atoms with E-state index < -0.39 is 0 Å². The van der Waals surface area contributed by atoms with Crippen LogP contribution < -0.4 is 0 Å². The van der Waals surface area contributed by atoms with E-state index in [9.17, 15) is 5.11 Å². The third-order valence-corrected chi connectivity index (χ3v) is 4.56. The SMILES string of the molecule is CCCCCC1CCCCCCC1C(O)CC. The van der Waals surface area contributed by atoms with Crippen molar-refractivity contribution in [1.82, 2.24) is 0 Å². The molecule has 1 N–H and O–H groups in total. The van der Waals surface area contributed by atoms with E-state index in [4.69, 9.17) is 0 Å². The molecule has 1 rings (SSSR count). The molecule has 0 amide bonds. The Balaban J connectivity index is 2.48. The van der Waals surface area contributed by atoms with Crippen LogP contribution in [0.5, 0.6) is 0 Å². The molecule has 0 radical (unpaired) electrons. The molecule has 3 unspecified atom stereocenters. The third kappa shape index (κ3) is 5.42. The zero-order valence-corrected chi connectivity index (χ0v) is 12.0. The fourth-order valence-corrected chi connectivity index (χ4v) is 3.41. The maximum atomic E-state index is 10.2. The molecule has 0 saturated heterocycles. The van der Waals surface area contributed by atoms with Crippen molar-refractivity contribution in [3.63, 3.8) is 0 Å².